The first kappa shape index (κ1) is 11.0. The van der Waals surface area contributed by atoms with Crippen molar-refractivity contribution in [2.75, 3.05) is 6.54 Å². The van der Waals surface area contributed by atoms with E-state index in [-0.39, 0.29) is 10.2 Å². The Hall–Kier alpha value is -0.0500. The SMILES string of the molecule is CCCC(C)(C)CNC(=O)Br. The Labute approximate surface area is 76.9 Å². The molecule has 1 N–H and O–H groups in total. The number of nitrogens with one attached hydrogen (secondary N) is 1. The Morgan fingerprint density at radius 1 is 1.55 bits per heavy atom. The highest BCUT2D eigenvalue weighted by Crippen LogP contribution is 2.20. The number of carbonyl (C=O) groups is 1. The Bertz CT molecular complexity index is 134. The third-order valence-electron chi connectivity index (χ3n) is 1.63. The predicted octanol–water partition coefficient (Wildman–Crippen LogP) is 2.92. The van der Waals surface area contributed by atoms with E-state index in [0.717, 1.165) is 19.4 Å². The second-order valence-corrected chi connectivity index (χ2v) is 4.26. The van der Waals surface area contributed by atoms with Gasteiger partial charge < -0.3 is 5.32 Å². The molecular weight excluding hydrogens is 206 g/mol. The van der Waals surface area contributed by atoms with Gasteiger partial charge in [-0.15, -0.1) is 0 Å². The first-order valence-corrected chi connectivity index (χ1v) is 4.70. The fraction of sp³-hybridized carbons (Fsp3) is 0.875. The van der Waals surface area contributed by atoms with Crippen molar-refractivity contribution < 1.29 is 4.79 Å². The van der Waals surface area contributed by atoms with E-state index >= 15 is 0 Å². The van der Waals surface area contributed by atoms with Gasteiger partial charge in [-0.25, -0.2) is 0 Å². The van der Waals surface area contributed by atoms with Crippen molar-refractivity contribution in [3.05, 3.63) is 0 Å². The second kappa shape index (κ2) is 4.75. The minimum atomic E-state index is -0.123. The lowest BCUT2D eigenvalue weighted by Gasteiger charge is -2.23. The van der Waals surface area contributed by atoms with Crippen LogP contribution in [0.5, 0.6) is 0 Å². The van der Waals surface area contributed by atoms with Gasteiger partial charge in [-0.2, -0.15) is 0 Å². The van der Waals surface area contributed by atoms with Crippen molar-refractivity contribution in [1.82, 2.24) is 5.32 Å². The monoisotopic (exact) mass is 221 g/mol. The Morgan fingerprint density at radius 2 is 2.09 bits per heavy atom. The second-order valence-electron chi connectivity index (χ2n) is 3.54. The molecule has 0 aliphatic rings. The fourth-order valence-electron chi connectivity index (χ4n) is 1.07. The number of hydrogen-bond donors (Lipinski definition) is 1. The van der Waals surface area contributed by atoms with Gasteiger partial charge in [0.2, 0.25) is 0 Å². The summed E-state index contributed by atoms with van der Waals surface area (Å²) in [6.45, 7) is 7.20. The van der Waals surface area contributed by atoms with Crippen molar-refractivity contribution in [3.63, 3.8) is 0 Å². The summed E-state index contributed by atoms with van der Waals surface area (Å²) >= 11 is 2.83. The minimum Gasteiger partial charge on any atom is -0.346 e. The summed E-state index contributed by atoms with van der Waals surface area (Å²) in [7, 11) is 0. The highest BCUT2D eigenvalue weighted by molar-refractivity contribution is 9.18. The maximum absolute atomic E-state index is 10.5. The Kier molecular flexibility index (Phi) is 4.73. The molecule has 0 atom stereocenters. The van der Waals surface area contributed by atoms with Crippen LogP contribution in [0, 0.1) is 5.41 Å². The molecule has 11 heavy (non-hydrogen) atoms. The van der Waals surface area contributed by atoms with E-state index in [2.05, 4.69) is 42.0 Å². The molecular formula is C8H16BrNO. The Morgan fingerprint density at radius 3 is 2.45 bits per heavy atom. The highest BCUT2D eigenvalue weighted by Gasteiger charge is 2.16. The van der Waals surface area contributed by atoms with E-state index in [4.69, 9.17) is 0 Å². The van der Waals surface area contributed by atoms with E-state index in [9.17, 15) is 4.79 Å². The summed E-state index contributed by atoms with van der Waals surface area (Å²) in [5.41, 5.74) is 0.220. The van der Waals surface area contributed by atoms with Gasteiger partial charge in [0, 0.05) is 22.5 Å². The molecule has 0 heterocycles. The molecule has 0 fully saturated rings. The van der Waals surface area contributed by atoms with E-state index in [1.807, 2.05) is 0 Å². The predicted molar refractivity (Wildman–Crippen MR) is 51.0 cm³/mol. The summed E-state index contributed by atoms with van der Waals surface area (Å²) < 4.78 is 0. The van der Waals surface area contributed by atoms with Crippen LogP contribution >= 0.6 is 15.9 Å². The number of carbonyl (C=O) groups excluding carboxylic acids is 1. The summed E-state index contributed by atoms with van der Waals surface area (Å²) in [6, 6.07) is 0. The molecule has 0 aliphatic carbocycles. The maximum Gasteiger partial charge on any atom is 0.287 e. The zero-order valence-electron chi connectivity index (χ0n) is 7.41. The van der Waals surface area contributed by atoms with Gasteiger partial charge >= 0.3 is 0 Å². The van der Waals surface area contributed by atoms with Crippen LogP contribution in [0.3, 0.4) is 0 Å². The number of rotatable bonds is 4. The summed E-state index contributed by atoms with van der Waals surface area (Å²) in [6.07, 6.45) is 2.30. The molecule has 0 saturated heterocycles. The van der Waals surface area contributed by atoms with Crippen LogP contribution in [0.2, 0.25) is 0 Å². The van der Waals surface area contributed by atoms with Crippen LogP contribution in [0.4, 0.5) is 4.79 Å². The molecule has 0 radical (unpaired) electrons. The van der Waals surface area contributed by atoms with Gasteiger partial charge in [0.1, 0.15) is 0 Å². The topological polar surface area (TPSA) is 29.1 Å². The molecule has 0 aromatic heterocycles. The summed E-state index contributed by atoms with van der Waals surface area (Å²) in [5.74, 6) is 0. The average molecular weight is 222 g/mol. The van der Waals surface area contributed by atoms with Gasteiger partial charge in [-0.3, -0.25) is 4.79 Å². The van der Waals surface area contributed by atoms with Gasteiger partial charge in [-0.1, -0.05) is 27.2 Å². The van der Waals surface area contributed by atoms with Crippen LogP contribution in [0.1, 0.15) is 33.6 Å². The molecule has 0 aromatic carbocycles. The number of halogens is 1. The van der Waals surface area contributed by atoms with Crippen LogP contribution < -0.4 is 5.32 Å². The fourth-order valence-corrected chi connectivity index (χ4v) is 1.21. The quantitative estimate of drug-likeness (QED) is 0.575. The van der Waals surface area contributed by atoms with Gasteiger partial charge in [0.25, 0.3) is 4.82 Å². The average Bonchev–Trinajstić information content (AvgIpc) is 1.84. The maximum atomic E-state index is 10.5. The molecule has 0 spiro atoms. The van der Waals surface area contributed by atoms with E-state index < -0.39 is 0 Å². The first-order valence-electron chi connectivity index (χ1n) is 3.91. The first-order chi connectivity index (χ1) is 4.98. The molecule has 0 aliphatic heterocycles. The molecule has 66 valence electrons. The van der Waals surface area contributed by atoms with Crippen LogP contribution in [0.25, 0.3) is 0 Å². The largest absolute Gasteiger partial charge is 0.346 e. The van der Waals surface area contributed by atoms with Crippen molar-refractivity contribution >= 4 is 20.7 Å². The van der Waals surface area contributed by atoms with E-state index in [0.29, 0.717) is 0 Å². The molecule has 1 amide bonds. The zero-order valence-corrected chi connectivity index (χ0v) is 8.99. The van der Waals surface area contributed by atoms with Crippen LogP contribution in [0.15, 0.2) is 0 Å². The van der Waals surface area contributed by atoms with E-state index in [1.54, 1.807) is 0 Å². The molecule has 0 rings (SSSR count). The van der Waals surface area contributed by atoms with Gasteiger partial charge in [0.05, 0.1) is 0 Å². The molecule has 0 aromatic rings. The third kappa shape index (κ3) is 6.35. The van der Waals surface area contributed by atoms with E-state index in [1.165, 1.54) is 0 Å². The molecule has 0 saturated carbocycles. The zero-order chi connectivity index (χ0) is 8.91. The van der Waals surface area contributed by atoms with Crippen molar-refractivity contribution in [3.8, 4) is 0 Å². The molecule has 3 heteroatoms. The number of amides is 1. The van der Waals surface area contributed by atoms with Crippen molar-refractivity contribution in [1.29, 1.82) is 0 Å². The van der Waals surface area contributed by atoms with Crippen LogP contribution in [-0.4, -0.2) is 11.4 Å². The highest BCUT2D eigenvalue weighted by atomic mass is 79.9. The van der Waals surface area contributed by atoms with Gasteiger partial charge in [-0.05, 0) is 11.8 Å². The van der Waals surface area contributed by atoms with Gasteiger partial charge in [0.15, 0.2) is 0 Å². The lowest BCUT2D eigenvalue weighted by atomic mass is 9.88. The van der Waals surface area contributed by atoms with Crippen LogP contribution in [-0.2, 0) is 0 Å². The Balaban J connectivity index is 3.63. The molecule has 0 unspecified atom stereocenters. The lowest BCUT2D eigenvalue weighted by Crippen LogP contribution is -2.30. The van der Waals surface area contributed by atoms with Crippen molar-refractivity contribution in [2.45, 2.75) is 33.6 Å². The number of hydrogen-bond acceptors (Lipinski definition) is 1. The summed E-state index contributed by atoms with van der Waals surface area (Å²) in [5, 5.41) is 2.75. The third-order valence-corrected chi connectivity index (χ3v) is 1.91. The normalized spacial score (nSPS) is 11.3. The smallest absolute Gasteiger partial charge is 0.287 e. The minimum absolute atomic E-state index is 0.123. The standard InChI is InChI=1S/C8H16BrNO/c1-4-5-8(2,3)6-10-7(9)11/h4-6H2,1-3H3,(H,10,11). The van der Waals surface area contributed by atoms with Crippen molar-refractivity contribution in [2.24, 2.45) is 5.41 Å². The molecule has 2 nitrogen and oxygen atoms in total. The lowest BCUT2D eigenvalue weighted by molar-refractivity contribution is 0.252. The molecule has 0 bridgehead atoms. The summed E-state index contributed by atoms with van der Waals surface area (Å²) in [4.78, 5) is 10.4.